The van der Waals surface area contributed by atoms with Crippen molar-refractivity contribution < 1.29 is 0 Å². The second kappa shape index (κ2) is 6.57. The number of hydrogen-bond donors (Lipinski definition) is 1. The van der Waals surface area contributed by atoms with Crippen LogP contribution in [0.1, 0.15) is 22.6 Å². The molecule has 0 aromatic carbocycles. The van der Waals surface area contributed by atoms with Crippen LogP contribution in [-0.2, 0) is 19.5 Å². The molecular formula is C19H19N5O. The first-order valence-electron chi connectivity index (χ1n) is 8.36. The Morgan fingerprint density at radius 2 is 2.12 bits per heavy atom. The molecule has 25 heavy (non-hydrogen) atoms. The molecule has 6 nitrogen and oxygen atoms in total. The van der Waals surface area contributed by atoms with Gasteiger partial charge >= 0.3 is 0 Å². The van der Waals surface area contributed by atoms with Gasteiger partial charge in [0.05, 0.1) is 17.0 Å². The largest absolute Gasteiger partial charge is 0.306 e. The second-order valence-electron chi connectivity index (χ2n) is 6.31. The monoisotopic (exact) mass is 333 g/mol. The Hall–Kier alpha value is -2.86. The van der Waals surface area contributed by atoms with E-state index in [1.54, 1.807) is 12.4 Å². The summed E-state index contributed by atoms with van der Waals surface area (Å²) in [6.07, 6.45) is 4.18. The minimum Gasteiger partial charge on any atom is -0.306 e. The van der Waals surface area contributed by atoms with Crippen LogP contribution in [-0.4, -0.2) is 31.4 Å². The van der Waals surface area contributed by atoms with E-state index >= 15 is 0 Å². The fraction of sp³-hybridized carbons (Fsp3) is 0.263. The van der Waals surface area contributed by atoms with Crippen LogP contribution in [0.5, 0.6) is 0 Å². The van der Waals surface area contributed by atoms with Gasteiger partial charge < -0.3 is 4.98 Å². The summed E-state index contributed by atoms with van der Waals surface area (Å²) in [5.74, 6) is 0.589. The highest BCUT2D eigenvalue weighted by molar-refractivity contribution is 5.53. The maximum Gasteiger partial charge on any atom is 0.255 e. The van der Waals surface area contributed by atoms with Crippen LogP contribution in [0, 0.1) is 6.92 Å². The Bertz CT molecular complexity index is 952. The number of nitrogens with zero attached hydrogens (tertiary/aromatic N) is 4. The van der Waals surface area contributed by atoms with E-state index in [2.05, 4.69) is 24.8 Å². The third kappa shape index (κ3) is 3.34. The van der Waals surface area contributed by atoms with Gasteiger partial charge in [0.2, 0.25) is 0 Å². The molecule has 0 radical (unpaired) electrons. The number of nitrogens with one attached hydrogen (secondary N) is 1. The molecule has 0 atom stereocenters. The van der Waals surface area contributed by atoms with Crippen molar-refractivity contribution in [1.82, 2.24) is 24.8 Å². The summed E-state index contributed by atoms with van der Waals surface area (Å²) in [6.45, 7) is 4.20. The van der Waals surface area contributed by atoms with Gasteiger partial charge in [0, 0.05) is 49.7 Å². The molecule has 0 saturated heterocycles. The van der Waals surface area contributed by atoms with E-state index in [1.807, 2.05) is 37.3 Å². The Kier molecular flexibility index (Phi) is 4.11. The third-order valence-electron chi connectivity index (χ3n) is 4.41. The molecule has 4 rings (SSSR count). The van der Waals surface area contributed by atoms with Crippen molar-refractivity contribution in [1.29, 1.82) is 0 Å². The minimum absolute atomic E-state index is 0.0641. The first-order chi connectivity index (χ1) is 12.2. The summed E-state index contributed by atoms with van der Waals surface area (Å²) in [5, 5.41) is 0. The summed E-state index contributed by atoms with van der Waals surface area (Å²) in [7, 11) is 0. The lowest BCUT2D eigenvalue weighted by Gasteiger charge is -2.27. The van der Waals surface area contributed by atoms with Crippen LogP contribution >= 0.6 is 0 Å². The van der Waals surface area contributed by atoms with Crippen LogP contribution in [0.25, 0.3) is 11.4 Å². The van der Waals surface area contributed by atoms with Gasteiger partial charge in [-0.3, -0.25) is 19.7 Å². The van der Waals surface area contributed by atoms with Gasteiger partial charge in [-0.2, -0.15) is 0 Å². The number of aromatic amines is 1. The summed E-state index contributed by atoms with van der Waals surface area (Å²) in [6, 6.07) is 9.77. The Balaban J connectivity index is 1.58. The zero-order chi connectivity index (χ0) is 17.2. The number of hydrogen-bond acceptors (Lipinski definition) is 5. The molecule has 126 valence electrons. The highest BCUT2D eigenvalue weighted by Crippen LogP contribution is 2.19. The molecule has 0 amide bonds. The lowest BCUT2D eigenvalue weighted by Crippen LogP contribution is -2.35. The van der Waals surface area contributed by atoms with Crippen LogP contribution in [0.4, 0.5) is 0 Å². The Morgan fingerprint density at radius 3 is 2.92 bits per heavy atom. The number of H-pyrrole nitrogens is 1. The minimum atomic E-state index is -0.0641. The fourth-order valence-corrected chi connectivity index (χ4v) is 3.17. The molecule has 6 heteroatoms. The molecule has 3 aromatic rings. The number of aryl methyl sites for hydroxylation is 1. The molecule has 0 spiro atoms. The lowest BCUT2D eigenvalue weighted by molar-refractivity contribution is 0.239. The van der Waals surface area contributed by atoms with Gasteiger partial charge in [-0.25, -0.2) is 4.98 Å². The van der Waals surface area contributed by atoms with Crippen molar-refractivity contribution in [3.8, 4) is 11.4 Å². The molecular weight excluding hydrogens is 314 g/mol. The normalized spacial score (nSPS) is 14.3. The van der Waals surface area contributed by atoms with Crippen molar-refractivity contribution in [2.75, 3.05) is 6.54 Å². The average Bonchev–Trinajstić information content (AvgIpc) is 2.63. The standard InChI is InChI=1S/C19H19N5O/c1-13-4-2-6-15(21-13)11-24-9-7-17-16(12-24)19(25)23-18(22-17)14-5-3-8-20-10-14/h2-6,8,10H,7,9,11-12H2,1H3,(H,22,23,25). The van der Waals surface area contributed by atoms with Gasteiger partial charge in [0.15, 0.2) is 0 Å². The molecule has 0 saturated carbocycles. The molecule has 3 aromatic heterocycles. The van der Waals surface area contributed by atoms with Crippen molar-refractivity contribution in [3.05, 3.63) is 75.7 Å². The molecule has 0 fully saturated rings. The molecule has 1 N–H and O–H groups in total. The molecule has 0 bridgehead atoms. The van der Waals surface area contributed by atoms with Crippen molar-refractivity contribution >= 4 is 0 Å². The number of aromatic nitrogens is 4. The van der Waals surface area contributed by atoms with Crippen LogP contribution in [0.3, 0.4) is 0 Å². The van der Waals surface area contributed by atoms with Crippen molar-refractivity contribution in [3.63, 3.8) is 0 Å². The summed E-state index contributed by atoms with van der Waals surface area (Å²) in [4.78, 5) is 31.0. The van der Waals surface area contributed by atoms with Gasteiger partial charge in [0.1, 0.15) is 5.82 Å². The first kappa shape index (κ1) is 15.7. The van der Waals surface area contributed by atoms with E-state index in [9.17, 15) is 4.79 Å². The van der Waals surface area contributed by atoms with Gasteiger partial charge in [-0.1, -0.05) is 6.07 Å². The fourth-order valence-electron chi connectivity index (χ4n) is 3.17. The predicted octanol–water partition coefficient (Wildman–Crippen LogP) is 2.09. The Morgan fingerprint density at radius 1 is 1.20 bits per heavy atom. The predicted molar refractivity (Wildman–Crippen MR) is 94.9 cm³/mol. The average molecular weight is 333 g/mol. The maximum absolute atomic E-state index is 12.6. The highest BCUT2D eigenvalue weighted by Gasteiger charge is 2.21. The SMILES string of the molecule is Cc1cccc(CN2CCc3nc(-c4cccnc4)[nH]c(=O)c3C2)n1. The number of pyridine rings is 2. The van der Waals surface area contributed by atoms with Crippen LogP contribution < -0.4 is 5.56 Å². The molecule has 4 heterocycles. The first-order valence-corrected chi connectivity index (χ1v) is 8.36. The number of fused-ring (bicyclic) bond motifs is 1. The van der Waals surface area contributed by atoms with Crippen LogP contribution in [0.2, 0.25) is 0 Å². The smallest absolute Gasteiger partial charge is 0.255 e. The third-order valence-corrected chi connectivity index (χ3v) is 4.41. The molecule has 0 aliphatic carbocycles. The summed E-state index contributed by atoms with van der Waals surface area (Å²) in [5.41, 5.74) is 4.44. The zero-order valence-electron chi connectivity index (χ0n) is 14.1. The van der Waals surface area contributed by atoms with E-state index in [-0.39, 0.29) is 5.56 Å². The van der Waals surface area contributed by atoms with E-state index in [4.69, 9.17) is 0 Å². The second-order valence-corrected chi connectivity index (χ2v) is 6.31. The lowest BCUT2D eigenvalue weighted by atomic mass is 10.1. The Labute approximate surface area is 145 Å². The van der Waals surface area contributed by atoms with Gasteiger partial charge in [-0.15, -0.1) is 0 Å². The topological polar surface area (TPSA) is 74.8 Å². The zero-order valence-corrected chi connectivity index (χ0v) is 14.1. The molecule has 1 aliphatic heterocycles. The van der Waals surface area contributed by atoms with Gasteiger partial charge in [-0.05, 0) is 31.2 Å². The van der Waals surface area contributed by atoms with E-state index in [0.717, 1.165) is 47.7 Å². The maximum atomic E-state index is 12.6. The molecule has 1 aliphatic rings. The molecule has 0 unspecified atom stereocenters. The number of rotatable bonds is 3. The van der Waals surface area contributed by atoms with Crippen molar-refractivity contribution in [2.45, 2.75) is 26.4 Å². The van der Waals surface area contributed by atoms with Crippen molar-refractivity contribution in [2.24, 2.45) is 0 Å². The van der Waals surface area contributed by atoms with E-state index in [1.165, 1.54) is 0 Å². The van der Waals surface area contributed by atoms with Crippen LogP contribution in [0.15, 0.2) is 47.5 Å². The summed E-state index contributed by atoms with van der Waals surface area (Å²) < 4.78 is 0. The summed E-state index contributed by atoms with van der Waals surface area (Å²) >= 11 is 0. The highest BCUT2D eigenvalue weighted by atomic mass is 16.1. The van der Waals surface area contributed by atoms with E-state index < -0.39 is 0 Å². The van der Waals surface area contributed by atoms with E-state index in [0.29, 0.717) is 12.4 Å². The van der Waals surface area contributed by atoms with Gasteiger partial charge in [0.25, 0.3) is 5.56 Å². The quantitative estimate of drug-likeness (QED) is 0.794.